The molecule has 2 N–H and O–H groups in total. The van der Waals surface area contributed by atoms with Crippen LogP contribution in [-0.2, 0) is 6.54 Å². The lowest BCUT2D eigenvalue weighted by atomic mass is 10.1. The molecule has 1 aromatic heterocycles. The predicted octanol–water partition coefficient (Wildman–Crippen LogP) is -0.154. The number of aliphatic hydroxyl groups excluding tert-OH is 1. The van der Waals surface area contributed by atoms with E-state index in [2.05, 4.69) is 15.2 Å². The van der Waals surface area contributed by atoms with Crippen LogP contribution in [-0.4, -0.2) is 47.3 Å². The van der Waals surface area contributed by atoms with Crippen molar-refractivity contribution in [2.75, 3.05) is 20.1 Å². The zero-order valence-corrected chi connectivity index (χ0v) is 8.93. The van der Waals surface area contributed by atoms with Gasteiger partial charge in [0.15, 0.2) is 0 Å². The first-order chi connectivity index (χ1) is 7.27. The van der Waals surface area contributed by atoms with Crippen molar-refractivity contribution < 1.29 is 5.11 Å². The van der Waals surface area contributed by atoms with Crippen molar-refractivity contribution in [3.8, 4) is 0 Å². The maximum Gasteiger partial charge on any atom is 0.0831 e. The van der Waals surface area contributed by atoms with Crippen molar-refractivity contribution in [3.05, 3.63) is 30.1 Å². The second-order valence-electron chi connectivity index (χ2n) is 4.06. The van der Waals surface area contributed by atoms with Gasteiger partial charge in [0.2, 0.25) is 0 Å². The Morgan fingerprint density at radius 1 is 1.47 bits per heavy atom. The largest absolute Gasteiger partial charge is 0.390 e. The summed E-state index contributed by atoms with van der Waals surface area (Å²) in [4.78, 5) is 6.17. The molecule has 1 aromatic rings. The van der Waals surface area contributed by atoms with Gasteiger partial charge >= 0.3 is 0 Å². The van der Waals surface area contributed by atoms with Crippen molar-refractivity contribution in [1.29, 1.82) is 0 Å². The van der Waals surface area contributed by atoms with Crippen molar-refractivity contribution >= 4 is 0 Å². The van der Waals surface area contributed by atoms with Gasteiger partial charge in [-0.25, -0.2) is 0 Å². The van der Waals surface area contributed by atoms with E-state index in [4.69, 9.17) is 0 Å². The summed E-state index contributed by atoms with van der Waals surface area (Å²) in [6, 6.07) is 4.23. The fraction of sp³-hybridized carbons (Fsp3) is 0.545. The van der Waals surface area contributed by atoms with Crippen molar-refractivity contribution in [3.63, 3.8) is 0 Å². The van der Waals surface area contributed by atoms with Gasteiger partial charge in [0.25, 0.3) is 0 Å². The average Bonchev–Trinajstić information content (AvgIpc) is 2.66. The molecule has 2 heterocycles. The molecule has 0 saturated carbocycles. The molecule has 2 rings (SSSR count). The highest BCUT2D eigenvalue weighted by atomic mass is 16.3. The van der Waals surface area contributed by atoms with Crippen molar-refractivity contribution in [2.24, 2.45) is 0 Å². The molecule has 0 aromatic carbocycles. The lowest BCUT2D eigenvalue weighted by molar-refractivity contribution is 0.0955. The second kappa shape index (κ2) is 4.70. The van der Waals surface area contributed by atoms with Crippen LogP contribution >= 0.6 is 0 Å². The maximum atomic E-state index is 9.72. The summed E-state index contributed by atoms with van der Waals surface area (Å²) in [5.41, 5.74) is 1.23. The molecule has 0 bridgehead atoms. The standard InChI is InChI=1S/C11H17N3O/c1-14(10-6-13-7-11(10)15)8-9-2-4-12-5-3-9/h2-5,10-11,13,15H,6-8H2,1H3. The molecule has 4 heteroatoms. The third-order valence-electron chi connectivity index (χ3n) is 2.90. The Morgan fingerprint density at radius 3 is 2.80 bits per heavy atom. The normalized spacial score (nSPS) is 26.1. The van der Waals surface area contributed by atoms with E-state index in [0.29, 0.717) is 6.54 Å². The molecular formula is C11H17N3O. The van der Waals surface area contributed by atoms with E-state index in [0.717, 1.165) is 13.1 Å². The molecule has 0 aliphatic carbocycles. The topological polar surface area (TPSA) is 48.4 Å². The van der Waals surface area contributed by atoms with E-state index < -0.39 is 0 Å². The first kappa shape index (κ1) is 10.5. The van der Waals surface area contributed by atoms with Gasteiger partial charge in [-0.2, -0.15) is 0 Å². The summed E-state index contributed by atoms with van der Waals surface area (Å²) in [7, 11) is 2.04. The molecule has 0 spiro atoms. The average molecular weight is 207 g/mol. The highest BCUT2D eigenvalue weighted by molar-refractivity contribution is 5.09. The van der Waals surface area contributed by atoms with Crippen LogP contribution in [0.1, 0.15) is 5.56 Å². The van der Waals surface area contributed by atoms with Gasteiger partial charge in [-0.15, -0.1) is 0 Å². The van der Waals surface area contributed by atoms with E-state index >= 15 is 0 Å². The van der Waals surface area contributed by atoms with Gasteiger partial charge in [-0.1, -0.05) is 0 Å². The van der Waals surface area contributed by atoms with Crippen LogP contribution in [0.5, 0.6) is 0 Å². The Bertz CT molecular complexity index is 304. The molecule has 1 saturated heterocycles. The number of nitrogens with zero attached hydrogens (tertiary/aromatic N) is 2. The zero-order valence-electron chi connectivity index (χ0n) is 8.93. The molecule has 0 amide bonds. The number of aromatic nitrogens is 1. The maximum absolute atomic E-state index is 9.72. The summed E-state index contributed by atoms with van der Waals surface area (Å²) in [6.45, 7) is 2.42. The van der Waals surface area contributed by atoms with Crippen LogP contribution in [0.25, 0.3) is 0 Å². The third-order valence-corrected chi connectivity index (χ3v) is 2.90. The molecule has 2 unspecified atom stereocenters. The quantitative estimate of drug-likeness (QED) is 0.723. The van der Waals surface area contributed by atoms with E-state index in [1.54, 1.807) is 12.4 Å². The highest BCUT2D eigenvalue weighted by Gasteiger charge is 2.28. The van der Waals surface area contributed by atoms with Crippen LogP contribution in [0.3, 0.4) is 0 Å². The smallest absolute Gasteiger partial charge is 0.0831 e. The predicted molar refractivity (Wildman–Crippen MR) is 58.4 cm³/mol. The second-order valence-corrected chi connectivity index (χ2v) is 4.06. The number of β-amino-alcohol motifs (C(OH)–C–C–N with tert-alkyl or cyclic N) is 1. The number of hydrogen-bond acceptors (Lipinski definition) is 4. The van der Waals surface area contributed by atoms with Crippen LogP contribution in [0, 0.1) is 0 Å². The Morgan fingerprint density at radius 2 is 2.20 bits per heavy atom. The Labute approximate surface area is 89.9 Å². The molecule has 82 valence electrons. The number of pyridine rings is 1. The number of likely N-dealkylation sites (N-methyl/N-ethyl adjacent to an activating group) is 1. The van der Waals surface area contributed by atoms with Crippen LogP contribution in [0.15, 0.2) is 24.5 Å². The van der Waals surface area contributed by atoms with E-state index in [9.17, 15) is 5.11 Å². The first-order valence-electron chi connectivity index (χ1n) is 5.25. The minimum Gasteiger partial charge on any atom is -0.390 e. The number of hydrogen-bond donors (Lipinski definition) is 2. The summed E-state index contributed by atoms with van der Waals surface area (Å²) < 4.78 is 0. The lowest BCUT2D eigenvalue weighted by Gasteiger charge is -2.26. The summed E-state index contributed by atoms with van der Waals surface area (Å²) in [5.74, 6) is 0. The number of rotatable bonds is 3. The van der Waals surface area contributed by atoms with E-state index in [1.165, 1.54) is 5.56 Å². The van der Waals surface area contributed by atoms with E-state index in [-0.39, 0.29) is 12.1 Å². The van der Waals surface area contributed by atoms with Gasteiger partial charge in [-0.3, -0.25) is 9.88 Å². The van der Waals surface area contributed by atoms with Gasteiger partial charge in [0.1, 0.15) is 0 Å². The molecular weight excluding hydrogens is 190 g/mol. The molecule has 0 radical (unpaired) electrons. The van der Waals surface area contributed by atoms with Crippen LogP contribution in [0.2, 0.25) is 0 Å². The zero-order chi connectivity index (χ0) is 10.7. The Hall–Kier alpha value is -0.970. The Kier molecular flexibility index (Phi) is 3.30. The molecule has 4 nitrogen and oxygen atoms in total. The molecule has 2 atom stereocenters. The lowest BCUT2D eigenvalue weighted by Crippen LogP contribution is -2.40. The van der Waals surface area contributed by atoms with Crippen LogP contribution < -0.4 is 5.32 Å². The Balaban J connectivity index is 1.94. The fourth-order valence-electron chi connectivity index (χ4n) is 1.99. The molecule has 1 aliphatic rings. The monoisotopic (exact) mass is 207 g/mol. The molecule has 1 aliphatic heterocycles. The highest BCUT2D eigenvalue weighted by Crippen LogP contribution is 2.11. The fourth-order valence-corrected chi connectivity index (χ4v) is 1.99. The van der Waals surface area contributed by atoms with Gasteiger partial charge in [0.05, 0.1) is 6.10 Å². The third kappa shape index (κ3) is 2.53. The minimum absolute atomic E-state index is 0.221. The summed E-state index contributed by atoms with van der Waals surface area (Å²) >= 11 is 0. The summed E-state index contributed by atoms with van der Waals surface area (Å²) in [5, 5.41) is 12.9. The van der Waals surface area contributed by atoms with Crippen LogP contribution in [0.4, 0.5) is 0 Å². The SMILES string of the molecule is CN(Cc1ccncc1)C1CNCC1O. The first-order valence-corrected chi connectivity index (χ1v) is 5.25. The van der Waals surface area contributed by atoms with E-state index in [1.807, 2.05) is 19.2 Å². The molecule has 1 fully saturated rings. The number of aliphatic hydroxyl groups is 1. The minimum atomic E-state index is -0.253. The van der Waals surface area contributed by atoms with Gasteiger partial charge in [-0.05, 0) is 24.7 Å². The van der Waals surface area contributed by atoms with Crippen molar-refractivity contribution in [1.82, 2.24) is 15.2 Å². The molecule has 15 heavy (non-hydrogen) atoms. The van der Waals surface area contributed by atoms with Gasteiger partial charge < -0.3 is 10.4 Å². The van der Waals surface area contributed by atoms with Crippen molar-refractivity contribution in [2.45, 2.75) is 18.7 Å². The summed E-state index contributed by atoms with van der Waals surface area (Å²) in [6.07, 6.45) is 3.34. The van der Waals surface area contributed by atoms with Gasteiger partial charge in [0, 0.05) is 38.1 Å². The number of nitrogens with one attached hydrogen (secondary N) is 1.